The molecule has 0 spiro atoms. The van der Waals surface area contributed by atoms with Gasteiger partial charge in [-0.2, -0.15) is 8.42 Å². The molecule has 0 amide bonds. The van der Waals surface area contributed by atoms with Gasteiger partial charge in [0.05, 0.1) is 18.1 Å². The van der Waals surface area contributed by atoms with E-state index in [0.717, 1.165) is 30.3 Å². The summed E-state index contributed by atoms with van der Waals surface area (Å²) >= 11 is 0. The van der Waals surface area contributed by atoms with Crippen molar-refractivity contribution in [3.05, 3.63) is 58.4 Å². The minimum absolute atomic E-state index is 0.222. The summed E-state index contributed by atoms with van der Waals surface area (Å²) in [6, 6.07) is 7.53. The Bertz CT molecular complexity index is 821. The highest BCUT2D eigenvalue weighted by Crippen LogP contribution is 2.30. The van der Waals surface area contributed by atoms with Crippen molar-refractivity contribution in [3.8, 4) is 11.5 Å². The number of benzene rings is 2. The van der Waals surface area contributed by atoms with Crippen LogP contribution in [-0.2, 0) is 10.1 Å². The molecule has 0 heterocycles. The van der Waals surface area contributed by atoms with E-state index < -0.39 is 25.8 Å². The van der Waals surface area contributed by atoms with Crippen LogP contribution in [0.2, 0.25) is 0 Å². The number of non-ortho nitro benzene ring substituents is 1. The van der Waals surface area contributed by atoms with E-state index in [1.54, 1.807) is 0 Å². The summed E-state index contributed by atoms with van der Waals surface area (Å²) in [5.41, 5.74) is -0.332. The van der Waals surface area contributed by atoms with Crippen LogP contribution in [0.3, 0.4) is 0 Å². The van der Waals surface area contributed by atoms with E-state index in [1.165, 1.54) is 19.2 Å². The largest absolute Gasteiger partial charge is 0.495 e. The van der Waals surface area contributed by atoms with Gasteiger partial charge in [0.15, 0.2) is 0 Å². The highest BCUT2D eigenvalue weighted by Gasteiger charge is 2.24. The lowest BCUT2D eigenvalue weighted by Gasteiger charge is -2.10. The first kappa shape index (κ1) is 15.7. The Hall–Kier alpha value is -2.68. The second kappa shape index (κ2) is 5.98. The summed E-state index contributed by atoms with van der Waals surface area (Å²) in [6.45, 7) is 0. The molecular formula is C13H10FNO6S. The summed E-state index contributed by atoms with van der Waals surface area (Å²) in [4.78, 5) is 9.60. The van der Waals surface area contributed by atoms with Crippen LogP contribution in [0.1, 0.15) is 0 Å². The van der Waals surface area contributed by atoms with E-state index in [1.807, 2.05) is 0 Å². The fourth-order valence-corrected chi connectivity index (χ4v) is 2.74. The SMILES string of the molecule is COc1cc([N+](=O)[O-])ccc1S(=O)(=O)Oc1cccc(F)c1. The summed E-state index contributed by atoms with van der Waals surface area (Å²) in [5, 5.41) is 10.7. The number of rotatable bonds is 5. The Morgan fingerprint density at radius 2 is 1.91 bits per heavy atom. The van der Waals surface area contributed by atoms with Crippen molar-refractivity contribution in [3.63, 3.8) is 0 Å². The minimum Gasteiger partial charge on any atom is -0.495 e. The molecule has 0 aromatic heterocycles. The van der Waals surface area contributed by atoms with Gasteiger partial charge in [-0.15, -0.1) is 0 Å². The first-order valence-corrected chi connectivity index (χ1v) is 7.27. The van der Waals surface area contributed by atoms with Gasteiger partial charge in [-0.25, -0.2) is 4.39 Å². The Labute approximate surface area is 125 Å². The van der Waals surface area contributed by atoms with Crippen LogP contribution in [0.5, 0.6) is 11.5 Å². The van der Waals surface area contributed by atoms with Gasteiger partial charge in [0.2, 0.25) is 0 Å². The maximum absolute atomic E-state index is 13.1. The van der Waals surface area contributed by atoms with E-state index >= 15 is 0 Å². The van der Waals surface area contributed by atoms with Gasteiger partial charge in [-0.1, -0.05) is 6.07 Å². The molecule has 0 atom stereocenters. The van der Waals surface area contributed by atoms with Crippen molar-refractivity contribution in [1.82, 2.24) is 0 Å². The zero-order chi connectivity index (χ0) is 16.3. The molecule has 0 fully saturated rings. The van der Waals surface area contributed by atoms with Crippen LogP contribution in [0.4, 0.5) is 10.1 Å². The molecule has 0 aliphatic rings. The third-order valence-corrected chi connectivity index (χ3v) is 3.92. The van der Waals surface area contributed by atoms with Gasteiger partial charge >= 0.3 is 10.1 Å². The smallest absolute Gasteiger partial charge is 0.342 e. The second-order valence-corrected chi connectivity index (χ2v) is 5.60. The Balaban J connectivity index is 2.43. The minimum atomic E-state index is -4.33. The van der Waals surface area contributed by atoms with Crippen LogP contribution in [0.15, 0.2) is 47.4 Å². The van der Waals surface area contributed by atoms with Gasteiger partial charge in [0.1, 0.15) is 22.2 Å². The van der Waals surface area contributed by atoms with Gasteiger partial charge < -0.3 is 8.92 Å². The van der Waals surface area contributed by atoms with Crippen LogP contribution in [-0.4, -0.2) is 20.5 Å². The van der Waals surface area contributed by atoms with E-state index in [0.29, 0.717) is 0 Å². The predicted molar refractivity (Wildman–Crippen MR) is 73.9 cm³/mol. The van der Waals surface area contributed by atoms with Gasteiger partial charge in [-0.05, 0) is 18.2 Å². The number of nitrogens with zero attached hydrogens (tertiary/aromatic N) is 1. The number of methoxy groups -OCH3 is 1. The van der Waals surface area contributed by atoms with Crippen molar-refractivity contribution in [2.75, 3.05) is 7.11 Å². The first-order chi connectivity index (χ1) is 10.3. The Morgan fingerprint density at radius 3 is 2.50 bits per heavy atom. The lowest BCUT2D eigenvalue weighted by Crippen LogP contribution is -2.11. The van der Waals surface area contributed by atoms with Crippen molar-refractivity contribution >= 4 is 15.8 Å². The summed E-state index contributed by atoms with van der Waals surface area (Å²) in [7, 11) is -3.16. The van der Waals surface area contributed by atoms with Crippen LogP contribution in [0, 0.1) is 15.9 Å². The number of hydrogen-bond acceptors (Lipinski definition) is 6. The zero-order valence-corrected chi connectivity index (χ0v) is 12.0. The monoisotopic (exact) mass is 327 g/mol. The van der Waals surface area contributed by atoms with E-state index in [9.17, 15) is 22.9 Å². The number of nitro groups is 1. The molecule has 7 nitrogen and oxygen atoms in total. The molecule has 2 aromatic carbocycles. The topological polar surface area (TPSA) is 95.7 Å². The fraction of sp³-hybridized carbons (Fsp3) is 0.0769. The Morgan fingerprint density at radius 1 is 1.18 bits per heavy atom. The van der Waals surface area contributed by atoms with Crippen LogP contribution in [0.25, 0.3) is 0 Å². The maximum Gasteiger partial charge on any atom is 0.342 e. The average molecular weight is 327 g/mol. The quantitative estimate of drug-likeness (QED) is 0.475. The molecular weight excluding hydrogens is 317 g/mol. The van der Waals surface area contributed by atoms with Gasteiger partial charge in [0, 0.05) is 12.1 Å². The zero-order valence-electron chi connectivity index (χ0n) is 11.2. The Kier molecular flexibility index (Phi) is 4.27. The van der Waals surface area contributed by atoms with Gasteiger partial charge in [0.25, 0.3) is 5.69 Å². The summed E-state index contributed by atoms with van der Waals surface area (Å²) in [6.07, 6.45) is 0. The molecule has 2 aromatic rings. The molecule has 0 bridgehead atoms. The van der Waals surface area contributed by atoms with Crippen molar-refractivity contribution < 1.29 is 26.7 Å². The maximum atomic E-state index is 13.1. The van der Waals surface area contributed by atoms with Crippen LogP contribution >= 0.6 is 0 Å². The van der Waals surface area contributed by atoms with Crippen molar-refractivity contribution in [1.29, 1.82) is 0 Å². The third kappa shape index (κ3) is 3.31. The molecule has 0 aliphatic heterocycles. The number of hydrogen-bond donors (Lipinski definition) is 0. The van der Waals surface area contributed by atoms with Crippen LogP contribution < -0.4 is 8.92 Å². The predicted octanol–water partition coefficient (Wildman–Crippen LogP) is 2.51. The standard InChI is InChI=1S/C13H10FNO6S/c1-20-12-8-10(15(16)17)5-6-13(12)22(18,19)21-11-4-2-3-9(14)7-11/h2-8H,1H3. The lowest BCUT2D eigenvalue weighted by atomic mass is 10.3. The molecule has 22 heavy (non-hydrogen) atoms. The van der Waals surface area contributed by atoms with E-state index in [2.05, 4.69) is 0 Å². The average Bonchev–Trinajstić information content (AvgIpc) is 2.46. The molecule has 116 valence electrons. The highest BCUT2D eigenvalue weighted by atomic mass is 32.2. The van der Waals surface area contributed by atoms with Crippen molar-refractivity contribution in [2.45, 2.75) is 4.90 Å². The second-order valence-electron chi connectivity index (χ2n) is 4.09. The summed E-state index contributed by atoms with van der Waals surface area (Å²) in [5.74, 6) is -1.13. The number of ether oxygens (including phenoxy) is 1. The van der Waals surface area contributed by atoms with E-state index in [-0.39, 0.29) is 17.2 Å². The molecule has 0 aliphatic carbocycles. The molecule has 0 N–H and O–H groups in total. The third-order valence-electron chi connectivity index (χ3n) is 2.63. The number of nitro benzene ring substituents is 1. The molecule has 9 heteroatoms. The number of halogens is 1. The van der Waals surface area contributed by atoms with E-state index in [4.69, 9.17) is 8.92 Å². The molecule has 0 unspecified atom stereocenters. The first-order valence-electron chi connectivity index (χ1n) is 5.86. The molecule has 0 saturated carbocycles. The molecule has 0 radical (unpaired) electrons. The summed E-state index contributed by atoms with van der Waals surface area (Å²) < 4.78 is 47.1. The van der Waals surface area contributed by atoms with Crippen molar-refractivity contribution in [2.24, 2.45) is 0 Å². The molecule has 0 saturated heterocycles. The fourth-order valence-electron chi connectivity index (χ4n) is 1.67. The van der Waals surface area contributed by atoms with Gasteiger partial charge in [-0.3, -0.25) is 10.1 Å². The normalized spacial score (nSPS) is 11.0. The highest BCUT2D eigenvalue weighted by molar-refractivity contribution is 7.87. The lowest BCUT2D eigenvalue weighted by molar-refractivity contribution is -0.385. The molecule has 2 rings (SSSR count).